The monoisotopic (exact) mass is 211 g/mol. The average Bonchev–Trinajstić information content (AvgIpc) is 2.25. The summed E-state index contributed by atoms with van der Waals surface area (Å²) in [6.07, 6.45) is 4.64. The number of aliphatic hydroxyl groups is 1. The molecule has 0 radical (unpaired) electrons. The smallest absolute Gasteiger partial charge is 0.250 e. The van der Waals surface area contributed by atoms with Gasteiger partial charge < -0.3 is 19.4 Å². The summed E-state index contributed by atoms with van der Waals surface area (Å²) in [4.78, 5) is 10.4. The van der Waals surface area contributed by atoms with Crippen molar-refractivity contribution in [2.75, 3.05) is 0 Å². The van der Waals surface area contributed by atoms with E-state index < -0.39 is 18.5 Å². The fourth-order valence-electron chi connectivity index (χ4n) is 1.20. The molecule has 0 amide bonds. The minimum absolute atomic E-state index is 0.0427. The molecule has 15 heavy (non-hydrogen) atoms. The summed E-state index contributed by atoms with van der Waals surface area (Å²) in [6, 6.07) is 0. The average molecular weight is 211 g/mol. The van der Waals surface area contributed by atoms with E-state index in [1.807, 2.05) is 19.4 Å². The summed E-state index contributed by atoms with van der Waals surface area (Å²) in [6.45, 7) is 5.36. The first kappa shape index (κ1) is 12.0. The van der Waals surface area contributed by atoms with E-state index in [0.717, 1.165) is 0 Å². The molecule has 1 rings (SSSR count). The molecule has 1 aliphatic heterocycles. The van der Waals surface area contributed by atoms with E-state index in [9.17, 15) is 9.90 Å². The summed E-state index contributed by atoms with van der Waals surface area (Å²) in [5, 5.41) is 9.26. The Morgan fingerprint density at radius 1 is 1.73 bits per heavy atom. The number of carbonyl (C=O) groups is 1. The molecular formula is C11H15O4+. The van der Waals surface area contributed by atoms with Crippen LogP contribution >= 0.6 is 0 Å². The second-order valence-electron chi connectivity index (χ2n) is 3.25. The number of aldehydes is 1. The lowest BCUT2D eigenvalue weighted by Crippen LogP contribution is -2.35. The second kappa shape index (κ2) is 5.70. The molecule has 4 atom stereocenters. The molecule has 0 aromatic heterocycles. The molecule has 0 spiro atoms. The SMILES string of the molecule is C=C[C@H](O[C@H]1C=C[CH+][C@@H](C)O1)[C@@H](O)C=O. The third-order valence-electron chi connectivity index (χ3n) is 2.00. The van der Waals surface area contributed by atoms with Crippen molar-refractivity contribution in [2.45, 2.75) is 31.5 Å². The molecule has 0 aromatic carbocycles. The van der Waals surface area contributed by atoms with E-state index in [0.29, 0.717) is 6.29 Å². The topological polar surface area (TPSA) is 55.8 Å². The molecule has 1 heterocycles. The minimum Gasteiger partial charge on any atom is -0.383 e. The molecular weight excluding hydrogens is 196 g/mol. The maximum absolute atomic E-state index is 10.4. The first-order chi connectivity index (χ1) is 7.17. The zero-order valence-corrected chi connectivity index (χ0v) is 8.58. The van der Waals surface area contributed by atoms with Crippen molar-refractivity contribution in [1.82, 2.24) is 0 Å². The van der Waals surface area contributed by atoms with Crippen LogP contribution < -0.4 is 0 Å². The highest BCUT2D eigenvalue weighted by atomic mass is 16.7. The van der Waals surface area contributed by atoms with Crippen LogP contribution in [0.15, 0.2) is 24.8 Å². The van der Waals surface area contributed by atoms with Crippen molar-refractivity contribution < 1.29 is 19.4 Å². The summed E-state index contributed by atoms with van der Waals surface area (Å²) in [7, 11) is 0. The van der Waals surface area contributed by atoms with Gasteiger partial charge in [0.2, 0.25) is 6.29 Å². The predicted molar refractivity (Wildman–Crippen MR) is 54.9 cm³/mol. The number of carbonyl (C=O) groups excluding carboxylic acids is 1. The van der Waals surface area contributed by atoms with Gasteiger partial charge >= 0.3 is 0 Å². The number of hydrogen-bond acceptors (Lipinski definition) is 4. The summed E-state index contributed by atoms with van der Waals surface area (Å²) in [5.41, 5.74) is 0. The normalized spacial score (nSPS) is 28.9. The molecule has 1 N–H and O–H groups in total. The van der Waals surface area contributed by atoms with E-state index in [2.05, 4.69) is 6.58 Å². The zero-order chi connectivity index (χ0) is 11.3. The predicted octanol–water partition coefficient (Wildman–Crippen LogP) is 0.623. The molecule has 0 saturated heterocycles. The van der Waals surface area contributed by atoms with Gasteiger partial charge in [-0.2, -0.15) is 0 Å². The lowest BCUT2D eigenvalue weighted by Gasteiger charge is -2.22. The van der Waals surface area contributed by atoms with Gasteiger partial charge in [0.15, 0.2) is 6.29 Å². The van der Waals surface area contributed by atoms with Gasteiger partial charge in [-0.15, -0.1) is 6.58 Å². The number of aliphatic hydroxyl groups excluding tert-OH is 1. The van der Waals surface area contributed by atoms with Crippen LogP contribution in [0.25, 0.3) is 0 Å². The van der Waals surface area contributed by atoms with E-state index in [1.54, 1.807) is 6.08 Å². The van der Waals surface area contributed by atoms with Crippen LogP contribution in [-0.4, -0.2) is 36.0 Å². The van der Waals surface area contributed by atoms with Crippen LogP contribution in [0.1, 0.15) is 6.92 Å². The molecule has 0 aromatic rings. The van der Waals surface area contributed by atoms with Crippen LogP contribution in [0, 0.1) is 6.42 Å². The maximum Gasteiger partial charge on any atom is 0.250 e. The van der Waals surface area contributed by atoms with E-state index in [-0.39, 0.29) is 6.10 Å². The van der Waals surface area contributed by atoms with Gasteiger partial charge in [0.25, 0.3) is 0 Å². The van der Waals surface area contributed by atoms with E-state index >= 15 is 0 Å². The third kappa shape index (κ3) is 3.51. The van der Waals surface area contributed by atoms with Crippen LogP contribution in [0.2, 0.25) is 0 Å². The second-order valence-corrected chi connectivity index (χ2v) is 3.25. The number of hydrogen-bond donors (Lipinski definition) is 1. The fraction of sp³-hybridized carbons (Fsp3) is 0.455. The summed E-state index contributed by atoms with van der Waals surface area (Å²) >= 11 is 0. The standard InChI is InChI=1S/C11H15O4/c1-3-10(9(13)7-12)15-11-6-4-5-8(2)14-11/h3-11,13H,1H2,2H3/q+1/t8-,9+,10+,11+/m1/s1. The Morgan fingerprint density at radius 3 is 3.00 bits per heavy atom. The van der Waals surface area contributed by atoms with Gasteiger partial charge in [-0.05, 0) is 6.92 Å². The Bertz CT molecular complexity index is 249. The maximum atomic E-state index is 10.4. The molecule has 4 heteroatoms. The molecule has 0 aliphatic carbocycles. The van der Waals surface area contributed by atoms with Crippen LogP contribution in [0.4, 0.5) is 0 Å². The first-order valence-electron chi connectivity index (χ1n) is 4.76. The molecule has 0 bridgehead atoms. The minimum atomic E-state index is -1.21. The number of rotatable bonds is 5. The highest BCUT2D eigenvalue weighted by molar-refractivity contribution is 5.57. The van der Waals surface area contributed by atoms with Crippen molar-refractivity contribution in [3.8, 4) is 0 Å². The van der Waals surface area contributed by atoms with Crippen LogP contribution in [0.5, 0.6) is 0 Å². The molecule has 1 aliphatic rings. The zero-order valence-electron chi connectivity index (χ0n) is 8.58. The Kier molecular flexibility index (Phi) is 4.55. The van der Waals surface area contributed by atoms with E-state index in [1.165, 1.54) is 6.08 Å². The van der Waals surface area contributed by atoms with Crippen molar-refractivity contribution in [3.63, 3.8) is 0 Å². The van der Waals surface area contributed by atoms with Gasteiger partial charge in [-0.25, -0.2) is 0 Å². The van der Waals surface area contributed by atoms with Crippen LogP contribution in [-0.2, 0) is 14.3 Å². The molecule has 0 fully saturated rings. The molecule has 82 valence electrons. The lowest BCUT2D eigenvalue weighted by atomic mass is 10.2. The van der Waals surface area contributed by atoms with Gasteiger partial charge in [-0.1, -0.05) is 6.08 Å². The van der Waals surface area contributed by atoms with Gasteiger partial charge in [0.1, 0.15) is 18.3 Å². The third-order valence-corrected chi connectivity index (χ3v) is 2.00. The molecule has 0 saturated carbocycles. The Morgan fingerprint density at radius 2 is 2.47 bits per heavy atom. The van der Waals surface area contributed by atoms with Crippen molar-refractivity contribution in [2.24, 2.45) is 0 Å². The Labute approximate surface area is 89.2 Å². The fourth-order valence-corrected chi connectivity index (χ4v) is 1.20. The highest BCUT2D eigenvalue weighted by Crippen LogP contribution is 2.14. The summed E-state index contributed by atoms with van der Waals surface area (Å²) < 4.78 is 10.7. The lowest BCUT2D eigenvalue weighted by molar-refractivity contribution is -0.170. The Balaban J connectivity index is 2.51. The van der Waals surface area contributed by atoms with E-state index in [4.69, 9.17) is 9.47 Å². The first-order valence-corrected chi connectivity index (χ1v) is 4.76. The summed E-state index contributed by atoms with van der Waals surface area (Å²) in [5.74, 6) is 0. The Hall–Kier alpha value is -1.10. The van der Waals surface area contributed by atoms with Gasteiger partial charge in [0, 0.05) is 0 Å². The van der Waals surface area contributed by atoms with Crippen molar-refractivity contribution in [3.05, 3.63) is 31.2 Å². The van der Waals surface area contributed by atoms with Gasteiger partial charge in [0.05, 0.1) is 18.6 Å². The van der Waals surface area contributed by atoms with Gasteiger partial charge in [-0.3, -0.25) is 0 Å². The van der Waals surface area contributed by atoms with Crippen molar-refractivity contribution in [1.29, 1.82) is 0 Å². The van der Waals surface area contributed by atoms with Crippen LogP contribution in [0.3, 0.4) is 0 Å². The number of ether oxygens (including phenoxy) is 2. The highest BCUT2D eigenvalue weighted by Gasteiger charge is 2.26. The molecule has 0 unspecified atom stereocenters. The largest absolute Gasteiger partial charge is 0.383 e. The quantitative estimate of drug-likeness (QED) is 0.411. The molecule has 4 nitrogen and oxygen atoms in total. The van der Waals surface area contributed by atoms with Crippen molar-refractivity contribution >= 4 is 6.29 Å².